The molecule has 2 aliphatic rings. The van der Waals surface area contributed by atoms with Crippen molar-refractivity contribution in [3.05, 3.63) is 24.3 Å². The first-order valence-corrected chi connectivity index (χ1v) is 7.92. The van der Waals surface area contributed by atoms with Crippen LogP contribution < -0.4 is 5.32 Å². The van der Waals surface area contributed by atoms with E-state index in [1.807, 2.05) is 12.3 Å². The van der Waals surface area contributed by atoms with Crippen molar-refractivity contribution in [1.29, 1.82) is 0 Å². The number of hydrogen-bond donors (Lipinski definition) is 1. The molecular weight excluding hydrogens is 248 g/mol. The van der Waals surface area contributed by atoms with E-state index in [2.05, 4.69) is 34.0 Å². The second-order valence-corrected chi connectivity index (χ2v) is 6.79. The molecule has 4 nitrogen and oxygen atoms in total. The van der Waals surface area contributed by atoms with Crippen LogP contribution in [0.15, 0.2) is 18.6 Å². The Morgan fingerprint density at radius 1 is 1.40 bits per heavy atom. The van der Waals surface area contributed by atoms with Crippen molar-refractivity contribution in [3.8, 4) is 0 Å². The van der Waals surface area contributed by atoms with Gasteiger partial charge in [-0.3, -0.25) is 4.90 Å². The fourth-order valence-corrected chi connectivity index (χ4v) is 3.85. The molecule has 1 unspecified atom stereocenters. The zero-order chi connectivity index (χ0) is 14.0. The summed E-state index contributed by atoms with van der Waals surface area (Å²) in [6.07, 6.45) is 8.92. The summed E-state index contributed by atoms with van der Waals surface area (Å²) in [6, 6.07) is 2.65. The Labute approximate surface area is 122 Å². The molecule has 1 aromatic heterocycles. The van der Waals surface area contributed by atoms with Gasteiger partial charge in [-0.05, 0) is 24.8 Å². The summed E-state index contributed by atoms with van der Waals surface area (Å²) in [7, 11) is 0. The van der Waals surface area contributed by atoms with Gasteiger partial charge in [0.2, 0.25) is 0 Å². The molecule has 1 saturated heterocycles. The van der Waals surface area contributed by atoms with E-state index in [0.29, 0.717) is 17.5 Å². The van der Waals surface area contributed by atoms with Gasteiger partial charge in [0.05, 0.1) is 5.69 Å². The molecule has 0 radical (unpaired) electrons. The van der Waals surface area contributed by atoms with Crippen molar-refractivity contribution in [2.24, 2.45) is 5.92 Å². The summed E-state index contributed by atoms with van der Waals surface area (Å²) >= 11 is 0. The molecule has 110 valence electrons. The molecule has 2 heterocycles. The van der Waals surface area contributed by atoms with Gasteiger partial charge in [-0.1, -0.05) is 26.7 Å². The van der Waals surface area contributed by atoms with Gasteiger partial charge >= 0.3 is 0 Å². The molecule has 2 fully saturated rings. The normalized spacial score (nSPS) is 26.4. The van der Waals surface area contributed by atoms with Crippen LogP contribution in [-0.4, -0.2) is 39.5 Å². The lowest BCUT2D eigenvalue weighted by Gasteiger charge is -2.47. The maximum atomic E-state index is 4.41. The molecule has 1 atom stereocenters. The Morgan fingerprint density at radius 2 is 2.20 bits per heavy atom. The van der Waals surface area contributed by atoms with Crippen LogP contribution in [0.2, 0.25) is 0 Å². The number of nitrogens with zero attached hydrogens (tertiary/aromatic N) is 3. The predicted molar refractivity (Wildman–Crippen MR) is 80.3 cm³/mol. The predicted octanol–water partition coefficient (Wildman–Crippen LogP) is 2.22. The minimum atomic E-state index is 0.373. The first-order valence-electron chi connectivity index (χ1n) is 7.92. The lowest BCUT2D eigenvalue weighted by Crippen LogP contribution is -2.64. The molecule has 1 spiro atoms. The SMILES string of the molecule is CC(C)C1CNC2(CCCC2)CN1Cc1ccncn1. The lowest BCUT2D eigenvalue weighted by atomic mass is 9.89. The fraction of sp³-hybridized carbons (Fsp3) is 0.750. The van der Waals surface area contributed by atoms with Crippen molar-refractivity contribution in [2.45, 2.75) is 57.7 Å². The third-order valence-electron chi connectivity index (χ3n) is 5.00. The van der Waals surface area contributed by atoms with Gasteiger partial charge in [0.1, 0.15) is 6.33 Å². The number of hydrogen-bond acceptors (Lipinski definition) is 4. The largest absolute Gasteiger partial charge is 0.308 e. The van der Waals surface area contributed by atoms with Crippen LogP contribution in [0, 0.1) is 5.92 Å². The van der Waals surface area contributed by atoms with Crippen LogP contribution in [0.4, 0.5) is 0 Å². The van der Waals surface area contributed by atoms with Gasteiger partial charge < -0.3 is 5.32 Å². The van der Waals surface area contributed by atoms with E-state index in [9.17, 15) is 0 Å². The average molecular weight is 274 g/mol. The molecule has 20 heavy (non-hydrogen) atoms. The van der Waals surface area contributed by atoms with Crippen molar-refractivity contribution >= 4 is 0 Å². The van der Waals surface area contributed by atoms with Crippen molar-refractivity contribution in [2.75, 3.05) is 13.1 Å². The van der Waals surface area contributed by atoms with Gasteiger partial charge in [0.25, 0.3) is 0 Å². The molecule has 0 amide bonds. The molecule has 1 N–H and O–H groups in total. The Balaban J connectivity index is 1.75. The minimum absolute atomic E-state index is 0.373. The van der Waals surface area contributed by atoms with Crippen LogP contribution in [0.25, 0.3) is 0 Å². The number of nitrogens with one attached hydrogen (secondary N) is 1. The molecule has 1 aliphatic carbocycles. The van der Waals surface area contributed by atoms with Crippen molar-refractivity contribution in [3.63, 3.8) is 0 Å². The summed E-state index contributed by atoms with van der Waals surface area (Å²) in [6.45, 7) is 7.88. The summed E-state index contributed by atoms with van der Waals surface area (Å²) in [5, 5.41) is 3.87. The van der Waals surface area contributed by atoms with E-state index in [0.717, 1.165) is 18.8 Å². The third kappa shape index (κ3) is 2.86. The van der Waals surface area contributed by atoms with E-state index >= 15 is 0 Å². The summed E-state index contributed by atoms with van der Waals surface area (Å²) in [5.41, 5.74) is 1.51. The van der Waals surface area contributed by atoms with Gasteiger partial charge in [-0.15, -0.1) is 0 Å². The van der Waals surface area contributed by atoms with Gasteiger partial charge in [-0.2, -0.15) is 0 Å². The monoisotopic (exact) mass is 274 g/mol. The Bertz CT molecular complexity index is 425. The highest BCUT2D eigenvalue weighted by Gasteiger charge is 2.41. The molecule has 4 heteroatoms. The zero-order valence-corrected chi connectivity index (χ0v) is 12.7. The van der Waals surface area contributed by atoms with Gasteiger partial charge in [0, 0.05) is 37.4 Å². The van der Waals surface area contributed by atoms with E-state index in [4.69, 9.17) is 0 Å². The quantitative estimate of drug-likeness (QED) is 0.917. The maximum Gasteiger partial charge on any atom is 0.115 e. The first kappa shape index (κ1) is 14.0. The lowest BCUT2D eigenvalue weighted by molar-refractivity contribution is 0.0497. The van der Waals surface area contributed by atoms with Crippen LogP contribution in [-0.2, 0) is 6.54 Å². The Hall–Kier alpha value is -1.00. The van der Waals surface area contributed by atoms with E-state index in [1.165, 1.54) is 32.2 Å². The van der Waals surface area contributed by atoms with Crippen LogP contribution in [0.3, 0.4) is 0 Å². The highest BCUT2D eigenvalue weighted by Crippen LogP contribution is 2.34. The zero-order valence-electron chi connectivity index (χ0n) is 12.7. The molecule has 0 aromatic carbocycles. The molecule has 3 rings (SSSR count). The first-order chi connectivity index (χ1) is 9.69. The van der Waals surface area contributed by atoms with Gasteiger partial charge in [0.15, 0.2) is 0 Å². The topological polar surface area (TPSA) is 41.0 Å². The minimum Gasteiger partial charge on any atom is -0.308 e. The Kier molecular flexibility index (Phi) is 4.03. The van der Waals surface area contributed by atoms with Crippen molar-refractivity contribution in [1.82, 2.24) is 20.2 Å². The number of piperazine rings is 1. The summed E-state index contributed by atoms with van der Waals surface area (Å²) < 4.78 is 0. The number of rotatable bonds is 3. The molecule has 1 aromatic rings. The molecular formula is C16H26N4. The highest BCUT2D eigenvalue weighted by molar-refractivity contribution is 5.05. The average Bonchev–Trinajstić information content (AvgIpc) is 2.88. The van der Waals surface area contributed by atoms with Crippen LogP contribution in [0.1, 0.15) is 45.2 Å². The van der Waals surface area contributed by atoms with Crippen LogP contribution >= 0.6 is 0 Å². The van der Waals surface area contributed by atoms with Gasteiger partial charge in [-0.25, -0.2) is 9.97 Å². The number of aromatic nitrogens is 2. The smallest absolute Gasteiger partial charge is 0.115 e. The second kappa shape index (κ2) is 5.78. The van der Waals surface area contributed by atoms with E-state index in [-0.39, 0.29) is 0 Å². The Morgan fingerprint density at radius 3 is 2.85 bits per heavy atom. The molecule has 1 aliphatic heterocycles. The van der Waals surface area contributed by atoms with Crippen molar-refractivity contribution < 1.29 is 0 Å². The molecule has 0 bridgehead atoms. The van der Waals surface area contributed by atoms with Crippen LogP contribution in [0.5, 0.6) is 0 Å². The second-order valence-electron chi connectivity index (χ2n) is 6.79. The standard InChI is InChI=1S/C16H26N4/c1-13(2)15-9-19-16(6-3-4-7-16)11-20(15)10-14-5-8-17-12-18-14/h5,8,12-13,15,19H,3-4,6-7,9-11H2,1-2H3. The summed E-state index contributed by atoms with van der Waals surface area (Å²) in [4.78, 5) is 11.1. The molecule has 1 saturated carbocycles. The maximum absolute atomic E-state index is 4.41. The highest BCUT2D eigenvalue weighted by atomic mass is 15.3. The van der Waals surface area contributed by atoms with E-state index < -0.39 is 0 Å². The summed E-state index contributed by atoms with van der Waals surface area (Å²) in [5.74, 6) is 0.670. The fourth-order valence-electron chi connectivity index (χ4n) is 3.85. The third-order valence-corrected chi connectivity index (χ3v) is 5.00. The van der Waals surface area contributed by atoms with E-state index in [1.54, 1.807) is 6.33 Å².